The minimum atomic E-state index is -0.737. The molecule has 6 nitrogen and oxygen atoms in total. The molecule has 0 aliphatic carbocycles. The highest BCUT2D eigenvalue weighted by molar-refractivity contribution is 7.20. The fraction of sp³-hybridized carbons (Fsp3) is 0. The van der Waals surface area contributed by atoms with Crippen molar-refractivity contribution in [2.24, 2.45) is 5.73 Å². The normalized spacial score (nSPS) is 10.8. The highest BCUT2D eigenvalue weighted by Crippen LogP contribution is 2.32. The summed E-state index contributed by atoms with van der Waals surface area (Å²) >= 11 is 2.50. The Bertz CT molecular complexity index is 1190. The van der Waals surface area contributed by atoms with Crippen molar-refractivity contribution in [2.45, 2.75) is 0 Å². The van der Waals surface area contributed by atoms with Crippen LogP contribution in [0.3, 0.4) is 0 Å². The standard InChI is InChI=1S/C19H13FN4O2S2/c20-13-3-1-11-8-14(4-2-10(11)7-13)22-19-23-15(16(21)25)18(28-19)24-17(26)12-5-6-27-9-12/h1-9H,(H2,21,25)(H,22,23)(H,24,26). The predicted molar refractivity (Wildman–Crippen MR) is 110 cm³/mol. The van der Waals surface area contributed by atoms with E-state index in [-0.39, 0.29) is 22.4 Å². The molecule has 0 atom stereocenters. The van der Waals surface area contributed by atoms with Crippen molar-refractivity contribution in [3.63, 3.8) is 0 Å². The number of rotatable bonds is 5. The molecule has 28 heavy (non-hydrogen) atoms. The van der Waals surface area contributed by atoms with Gasteiger partial charge in [-0.1, -0.05) is 23.5 Å². The predicted octanol–water partition coefficient (Wildman–Crippen LogP) is 4.59. The number of nitrogens with two attached hydrogens (primary N) is 1. The van der Waals surface area contributed by atoms with Crippen LogP contribution in [0.5, 0.6) is 0 Å². The summed E-state index contributed by atoms with van der Waals surface area (Å²) in [5, 5.41) is 11.6. The van der Waals surface area contributed by atoms with Crippen LogP contribution in [0.15, 0.2) is 53.2 Å². The summed E-state index contributed by atoms with van der Waals surface area (Å²) in [6, 6.07) is 11.6. The largest absolute Gasteiger partial charge is 0.364 e. The number of anilines is 3. The molecule has 0 saturated carbocycles. The molecule has 2 amide bonds. The van der Waals surface area contributed by atoms with Gasteiger partial charge in [-0.2, -0.15) is 11.3 Å². The number of thiophene rings is 1. The molecule has 0 aliphatic heterocycles. The van der Waals surface area contributed by atoms with Gasteiger partial charge in [0.1, 0.15) is 10.8 Å². The lowest BCUT2D eigenvalue weighted by Gasteiger charge is -2.04. The first-order chi connectivity index (χ1) is 13.5. The van der Waals surface area contributed by atoms with Gasteiger partial charge >= 0.3 is 0 Å². The molecule has 140 valence electrons. The number of nitrogens with zero attached hydrogens (tertiary/aromatic N) is 1. The Morgan fingerprint density at radius 1 is 1.07 bits per heavy atom. The number of carbonyl (C=O) groups excluding carboxylic acids is 2. The molecule has 2 heterocycles. The number of aromatic nitrogens is 1. The van der Waals surface area contributed by atoms with Gasteiger partial charge in [-0.3, -0.25) is 9.59 Å². The zero-order valence-electron chi connectivity index (χ0n) is 14.2. The van der Waals surface area contributed by atoms with E-state index in [0.29, 0.717) is 16.4 Å². The van der Waals surface area contributed by atoms with E-state index in [1.807, 2.05) is 6.07 Å². The Balaban J connectivity index is 1.60. The van der Waals surface area contributed by atoms with Crippen LogP contribution < -0.4 is 16.4 Å². The lowest BCUT2D eigenvalue weighted by molar-refractivity contribution is 0.0997. The third-order valence-electron chi connectivity index (χ3n) is 3.92. The minimum Gasteiger partial charge on any atom is -0.364 e. The molecule has 0 spiro atoms. The summed E-state index contributed by atoms with van der Waals surface area (Å²) in [5.74, 6) is -1.38. The van der Waals surface area contributed by atoms with Gasteiger partial charge in [0.2, 0.25) is 0 Å². The van der Waals surface area contributed by atoms with Crippen molar-refractivity contribution in [3.8, 4) is 0 Å². The minimum absolute atomic E-state index is 0.0149. The van der Waals surface area contributed by atoms with Crippen molar-refractivity contribution in [1.29, 1.82) is 0 Å². The Hall–Kier alpha value is -3.30. The summed E-state index contributed by atoms with van der Waals surface area (Å²) in [5.41, 5.74) is 6.58. The zero-order valence-corrected chi connectivity index (χ0v) is 15.9. The molecular formula is C19H13FN4O2S2. The van der Waals surface area contributed by atoms with Crippen molar-refractivity contribution in [3.05, 3.63) is 70.3 Å². The number of primary amides is 1. The van der Waals surface area contributed by atoms with Gasteiger partial charge in [-0.05, 0) is 46.5 Å². The van der Waals surface area contributed by atoms with E-state index in [1.165, 1.54) is 23.5 Å². The molecule has 4 N–H and O–H groups in total. The van der Waals surface area contributed by atoms with Gasteiger partial charge < -0.3 is 16.4 Å². The summed E-state index contributed by atoms with van der Waals surface area (Å²) in [6.07, 6.45) is 0. The first-order valence-electron chi connectivity index (χ1n) is 8.10. The number of fused-ring (bicyclic) bond motifs is 1. The maximum Gasteiger partial charge on any atom is 0.270 e. The van der Waals surface area contributed by atoms with Crippen molar-refractivity contribution < 1.29 is 14.0 Å². The van der Waals surface area contributed by atoms with Crippen LogP contribution in [0.4, 0.5) is 20.2 Å². The molecule has 0 fully saturated rings. The molecular weight excluding hydrogens is 399 g/mol. The monoisotopic (exact) mass is 412 g/mol. The highest BCUT2D eigenvalue weighted by atomic mass is 32.1. The second-order valence-corrected chi connectivity index (χ2v) is 7.64. The number of benzene rings is 2. The van der Waals surface area contributed by atoms with E-state index in [9.17, 15) is 14.0 Å². The molecule has 4 aromatic rings. The number of nitrogens with one attached hydrogen (secondary N) is 2. The van der Waals surface area contributed by atoms with E-state index >= 15 is 0 Å². The second kappa shape index (κ2) is 7.37. The number of hydrogen-bond acceptors (Lipinski definition) is 6. The third-order valence-corrected chi connectivity index (χ3v) is 5.49. The Morgan fingerprint density at radius 3 is 2.61 bits per heavy atom. The van der Waals surface area contributed by atoms with E-state index in [4.69, 9.17) is 5.73 Å². The number of thiazole rings is 1. The smallest absolute Gasteiger partial charge is 0.270 e. The van der Waals surface area contributed by atoms with E-state index in [0.717, 1.165) is 22.1 Å². The number of carbonyl (C=O) groups is 2. The first kappa shape index (κ1) is 18.1. The Kier molecular flexibility index (Phi) is 4.76. The fourth-order valence-corrected chi connectivity index (χ4v) is 4.13. The van der Waals surface area contributed by atoms with E-state index < -0.39 is 5.91 Å². The second-order valence-electron chi connectivity index (χ2n) is 5.86. The number of halogens is 1. The Labute approximate surface area is 166 Å². The maximum atomic E-state index is 13.3. The molecule has 2 aromatic carbocycles. The summed E-state index contributed by atoms with van der Waals surface area (Å²) in [7, 11) is 0. The van der Waals surface area contributed by atoms with Crippen molar-refractivity contribution in [2.75, 3.05) is 10.6 Å². The fourth-order valence-electron chi connectivity index (χ4n) is 2.61. The topological polar surface area (TPSA) is 97.1 Å². The number of amides is 2. The third kappa shape index (κ3) is 3.71. The summed E-state index contributed by atoms with van der Waals surface area (Å²) in [6.45, 7) is 0. The maximum absolute atomic E-state index is 13.3. The van der Waals surface area contributed by atoms with Gasteiger partial charge in [-0.15, -0.1) is 0 Å². The van der Waals surface area contributed by atoms with Gasteiger partial charge in [0.25, 0.3) is 11.8 Å². The quantitative estimate of drug-likeness (QED) is 0.447. The molecule has 0 aliphatic rings. The van der Waals surface area contributed by atoms with Crippen LogP contribution in [0, 0.1) is 5.82 Å². The van der Waals surface area contributed by atoms with Gasteiger partial charge in [-0.25, -0.2) is 9.37 Å². The average Bonchev–Trinajstić information content (AvgIpc) is 3.32. The SMILES string of the molecule is NC(=O)c1nc(Nc2ccc3cc(F)ccc3c2)sc1NC(=O)c1ccsc1. The lowest BCUT2D eigenvalue weighted by atomic mass is 10.1. The van der Waals surface area contributed by atoms with E-state index in [1.54, 1.807) is 35.0 Å². The van der Waals surface area contributed by atoms with Crippen LogP contribution in [0.25, 0.3) is 10.8 Å². The zero-order chi connectivity index (χ0) is 19.7. The van der Waals surface area contributed by atoms with Crippen LogP contribution in [0.2, 0.25) is 0 Å². The van der Waals surface area contributed by atoms with Gasteiger partial charge in [0, 0.05) is 11.1 Å². The molecule has 0 radical (unpaired) electrons. The molecule has 2 aromatic heterocycles. The molecule has 4 rings (SSSR count). The van der Waals surface area contributed by atoms with E-state index in [2.05, 4.69) is 15.6 Å². The van der Waals surface area contributed by atoms with Crippen LogP contribution in [0.1, 0.15) is 20.8 Å². The van der Waals surface area contributed by atoms with Crippen LogP contribution in [-0.4, -0.2) is 16.8 Å². The summed E-state index contributed by atoms with van der Waals surface area (Å²) < 4.78 is 13.3. The van der Waals surface area contributed by atoms with Gasteiger partial charge in [0.15, 0.2) is 10.8 Å². The average molecular weight is 412 g/mol. The Morgan fingerprint density at radius 2 is 1.86 bits per heavy atom. The highest BCUT2D eigenvalue weighted by Gasteiger charge is 2.19. The van der Waals surface area contributed by atoms with Crippen molar-refractivity contribution in [1.82, 2.24) is 4.98 Å². The molecule has 0 bridgehead atoms. The number of hydrogen-bond donors (Lipinski definition) is 3. The summed E-state index contributed by atoms with van der Waals surface area (Å²) in [4.78, 5) is 28.2. The first-order valence-corrected chi connectivity index (χ1v) is 9.86. The molecule has 0 saturated heterocycles. The molecule has 9 heteroatoms. The van der Waals surface area contributed by atoms with Crippen LogP contribution >= 0.6 is 22.7 Å². The van der Waals surface area contributed by atoms with Crippen molar-refractivity contribution >= 4 is 61.1 Å². The van der Waals surface area contributed by atoms with Gasteiger partial charge in [0.05, 0.1) is 5.56 Å². The molecule has 0 unspecified atom stereocenters. The lowest BCUT2D eigenvalue weighted by Crippen LogP contribution is -2.17. The van der Waals surface area contributed by atoms with Crippen LogP contribution in [-0.2, 0) is 0 Å².